The first-order valence-corrected chi connectivity index (χ1v) is 14.3. The topological polar surface area (TPSA) is 189 Å². The molecular weight excluding hydrogens is 560 g/mol. The Morgan fingerprint density at radius 3 is 2.48 bits per heavy atom. The summed E-state index contributed by atoms with van der Waals surface area (Å²) in [6.45, 7) is 2.10. The van der Waals surface area contributed by atoms with Gasteiger partial charge in [-0.25, -0.2) is 0 Å². The number of H-pyrrole nitrogens is 1. The molecule has 0 saturated heterocycles. The van der Waals surface area contributed by atoms with Gasteiger partial charge in [0.25, 0.3) is 5.91 Å². The average Bonchev–Trinajstić information content (AvgIpc) is 3.39. The molecule has 42 heavy (non-hydrogen) atoms. The van der Waals surface area contributed by atoms with Crippen molar-refractivity contribution in [3.8, 4) is 0 Å². The number of halogens is 1. The molecule has 0 aliphatic heterocycles. The first-order chi connectivity index (χ1) is 20.2. The van der Waals surface area contributed by atoms with E-state index in [1.807, 2.05) is 31.2 Å². The second-order valence-corrected chi connectivity index (χ2v) is 10.3. The van der Waals surface area contributed by atoms with E-state index in [0.29, 0.717) is 6.42 Å². The summed E-state index contributed by atoms with van der Waals surface area (Å²) >= 11 is 5.65. The van der Waals surface area contributed by atoms with Crippen LogP contribution in [0.25, 0.3) is 10.9 Å². The summed E-state index contributed by atoms with van der Waals surface area (Å²) in [6, 6.07) is 11.4. The SMILES string of the molecule is CCCC[C@H](NC(=O)[C@@H](N)Cc1c[nH]c2ccccc12)C(=O)N[C@@H](CC(N)=O)C(=O)c1[c]cccc1C(=O)NCCCl. The van der Waals surface area contributed by atoms with Crippen LogP contribution >= 0.6 is 11.6 Å². The minimum Gasteiger partial charge on any atom is -0.370 e. The zero-order valence-corrected chi connectivity index (χ0v) is 24.1. The molecule has 0 unspecified atom stereocenters. The van der Waals surface area contributed by atoms with E-state index < -0.39 is 54.0 Å². The van der Waals surface area contributed by atoms with Gasteiger partial charge >= 0.3 is 0 Å². The molecule has 1 heterocycles. The molecular formula is C30H36ClN6O5. The molecule has 0 aliphatic carbocycles. The van der Waals surface area contributed by atoms with Gasteiger partial charge in [0, 0.05) is 35.1 Å². The van der Waals surface area contributed by atoms with Gasteiger partial charge in [0.1, 0.15) is 12.1 Å². The van der Waals surface area contributed by atoms with Gasteiger partial charge in [0.2, 0.25) is 17.7 Å². The minimum absolute atomic E-state index is 0.00965. The third kappa shape index (κ3) is 8.64. The molecule has 0 bridgehead atoms. The lowest BCUT2D eigenvalue weighted by Gasteiger charge is -2.24. The van der Waals surface area contributed by atoms with E-state index in [2.05, 4.69) is 27.0 Å². The molecule has 1 radical (unpaired) electrons. The van der Waals surface area contributed by atoms with Gasteiger partial charge in [-0.3, -0.25) is 24.0 Å². The third-order valence-corrected chi connectivity index (χ3v) is 6.89. The fourth-order valence-corrected chi connectivity index (χ4v) is 4.62. The summed E-state index contributed by atoms with van der Waals surface area (Å²) in [5, 5.41) is 8.79. The predicted octanol–water partition coefficient (Wildman–Crippen LogP) is 1.72. The maximum atomic E-state index is 13.5. The van der Waals surface area contributed by atoms with Crippen LogP contribution in [0.1, 0.15) is 58.9 Å². The molecule has 0 spiro atoms. The highest BCUT2D eigenvalue weighted by molar-refractivity contribution is 6.18. The van der Waals surface area contributed by atoms with Gasteiger partial charge in [-0.1, -0.05) is 50.1 Å². The Bertz CT molecular complexity index is 1420. The van der Waals surface area contributed by atoms with Crippen LogP contribution in [0, 0.1) is 6.07 Å². The number of fused-ring (bicyclic) bond motifs is 1. The van der Waals surface area contributed by atoms with Crippen molar-refractivity contribution in [2.75, 3.05) is 12.4 Å². The molecule has 3 rings (SSSR count). The molecule has 0 saturated carbocycles. The number of para-hydroxylation sites is 1. The zero-order valence-electron chi connectivity index (χ0n) is 23.4. The highest BCUT2D eigenvalue weighted by Crippen LogP contribution is 2.19. The number of nitrogens with two attached hydrogens (primary N) is 2. The molecule has 0 aliphatic rings. The second-order valence-electron chi connectivity index (χ2n) is 9.87. The van der Waals surface area contributed by atoms with Crippen LogP contribution < -0.4 is 27.4 Å². The lowest BCUT2D eigenvalue weighted by molar-refractivity contribution is -0.130. The quantitative estimate of drug-likeness (QED) is 0.108. The van der Waals surface area contributed by atoms with Crippen molar-refractivity contribution in [2.45, 2.75) is 57.2 Å². The lowest BCUT2D eigenvalue weighted by Crippen LogP contribution is -2.55. The van der Waals surface area contributed by atoms with Crippen molar-refractivity contribution in [2.24, 2.45) is 11.5 Å². The number of primary amides is 1. The van der Waals surface area contributed by atoms with E-state index in [4.69, 9.17) is 23.1 Å². The van der Waals surface area contributed by atoms with Crippen LogP contribution in [0.4, 0.5) is 0 Å². The van der Waals surface area contributed by atoms with Crippen molar-refractivity contribution >= 4 is 51.9 Å². The van der Waals surface area contributed by atoms with E-state index in [1.165, 1.54) is 18.2 Å². The maximum Gasteiger partial charge on any atom is 0.252 e. The monoisotopic (exact) mass is 595 g/mol. The molecule has 3 aromatic rings. The summed E-state index contributed by atoms with van der Waals surface area (Å²) in [5.41, 5.74) is 13.3. The van der Waals surface area contributed by atoms with E-state index in [-0.39, 0.29) is 36.4 Å². The number of nitrogens with one attached hydrogen (secondary N) is 4. The highest BCUT2D eigenvalue weighted by atomic mass is 35.5. The van der Waals surface area contributed by atoms with Gasteiger partial charge in [-0.15, -0.1) is 11.6 Å². The van der Waals surface area contributed by atoms with Crippen molar-refractivity contribution in [3.05, 3.63) is 71.4 Å². The van der Waals surface area contributed by atoms with E-state index in [9.17, 15) is 24.0 Å². The number of aromatic amines is 1. The third-order valence-electron chi connectivity index (χ3n) is 6.70. The number of ketones is 1. The van der Waals surface area contributed by atoms with Crippen molar-refractivity contribution in [1.82, 2.24) is 20.9 Å². The Morgan fingerprint density at radius 1 is 1.02 bits per heavy atom. The standard InChI is InChI=1S/C30H36ClN6O5/c1-2-3-11-24(36-29(41)22(32)15-18-17-35-23-12-7-6-8-19(18)23)30(42)37-25(16-26(33)38)27(39)20-9-4-5-10-21(20)28(40)34-14-13-31/h4-8,10,12,17,22,24-25,35H,2-3,11,13-16,32H2,1H3,(H2,33,38)(H,34,40)(H,36,41)(H,37,42)/t22-,24-,25-/m0/s1. The number of unbranched alkanes of at least 4 members (excludes halogenated alkanes) is 1. The van der Waals surface area contributed by atoms with Crippen LogP contribution in [0.5, 0.6) is 0 Å². The van der Waals surface area contributed by atoms with Crippen molar-refractivity contribution in [1.29, 1.82) is 0 Å². The number of amides is 4. The Morgan fingerprint density at radius 2 is 1.76 bits per heavy atom. The predicted molar refractivity (Wildman–Crippen MR) is 160 cm³/mol. The number of hydrogen-bond donors (Lipinski definition) is 6. The van der Waals surface area contributed by atoms with Crippen molar-refractivity contribution < 1.29 is 24.0 Å². The van der Waals surface area contributed by atoms with E-state index in [0.717, 1.165) is 22.9 Å². The fourth-order valence-electron chi connectivity index (χ4n) is 4.53. The number of benzene rings is 2. The number of aromatic nitrogens is 1. The first-order valence-electron chi connectivity index (χ1n) is 13.7. The number of rotatable bonds is 16. The molecule has 2 aromatic carbocycles. The summed E-state index contributed by atoms with van der Waals surface area (Å²) in [7, 11) is 0. The zero-order chi connectivity index (χ0) is 30.6. The summed E-state index contributed by atoms with van der Waals surface area (Å²) in [4.78, 5) is 67.6. The fraction of sp³-hybridized carbons (Fsp3) is 0.367. The summed E-state index contributed by atoms with van der Waals surface area (Å²) < 4.78 is 0. The van der Waals surface area contributed by atoms with Gasteiger partial charge in [0.05, 0.1) is 18.0 Å². The first kappa shape index (κ1) is 32.3. The van der Waals surface area contributed by atoms with Gasteiger partial charge < -0.3 is 32.4 Å². The van der Waals surface area contributed by atoms with E-state index in [1.54, 1.807) is 6.20 Å². The smallest absolute Gasteiger partial charge is 0.252 e. The second kappa shape index (κ2) is 15.7. The Kier molecular flexibility index (Phi) is 12.1. The minimum atomic E-state index is -1.39. The Hall–Kier alpha value is -4.22. The largest absolute Gasteiger partial charge is 0.370 e. The molecule has 3 atom stereocenters. The van der Waals surface area contributed by atoms with Crippen molar-refractivity contribution in [3.63, 3.8) is 0 Å². The molecule has 1 aromatic heterocycles. The molecule has 223 valence electrons. The number of carbonyl (C=O) groups is 5. The van der Waals surface area contributed by atoms with Crippen LogP contribution in [-0.4, -0.2) is 64.9 Å². The molecule has 0 fully saturated rings. The van der Waals surface area contributed by atoms with E-state index >= 15 is 0 Å². The molecule has 8 N–H and O–H groups in total. The highest BCUT2D eigenvalue weighted by Gasteiger charge is 2.31. The molecule has 11 nitrogen and oxygen atoms in total. The maximum absolute atomic E-state index is 13.5. The Balaban J connectivity index is 1.77. The number of hydrogen-bond acceptors (Lipinski definition) is 6. The van der Waals surface area contributed by atoms with Crippen LogP contribution in [0.15, 0.2) is 48.7 Å². The Labute approximate surface area is 249 Å². The number of Topliss-reactive ketones (excluding diaryl/α,β-unsaturated/α-hetero) is 1. The summed E-state index contributed by atoms with van der Waals surface area (Å²) in [5.74, 6) is -3.17. The van der Waals surface area contributed by atoms with Gasteiger partial charge in [0.15, 0.2) is 5.78 Å². The number of alkyl halides is 1. The average molecular weight is 596 g/mol. The number of carbonyl (C=O) groups excluding carboxylic acids is 5. The van der Waals surface area contributed by atoms with Crippen LogP contribution in [0.3, 0.4) is 0 Å². The molecule has 4 amide bonds. The van der Waals surface area contributed by atoms with Gasteiger partial charge in [-0.05, 0) is 36.6 Å². The normalized spacial score (nSPS) is 13.1. The summed E-state index contributed by atoms with van der Waals surface area (Å²) in [6.07, 6.45) is 3.12. The molecule has 12 heteroatoms. The van der Waals surface area contributed by atoms with Gasteiger partial charge in [-0.2, -0.15) is 0 Å². The lowest BCUT2D eigenvalue weighted by atomic mass is 9.95. The van der Waals surface area contributed by atoms with Crippen LogP contribution in [0.2, 0.25) is 0 Å². The van der Waals surface area contributed by atoms with Crippen LogP contribution in [-0.2, 0) is 20.8 Å².